The Hall–Kier alpha value is -3.08. The van der Waals surface area contributed by atoms with E-state index in [1.807, 2.05) is 12.1 Å². The maximum absolute atomic E-state index is 13.3. The molecular formula is C28H38N4O6. The molecule has 0 saturated carbocycles. The van der Waals surface area contributed by atoms with Gasteiger partial charge in [0.2, 0.25) is 5.88 Å². The van der Waals surface area contributed by atoms with Gasteiger partial charge >= 0.3 is 5.97 Å². The Balaban J connectivity index is 1.44. The third-order valence-corrected chi connectivity index (χ3v) is 7.74. The molecule has 1 spiro atoms. The number of methoxy groups -OCH3 is 1. The van der Waals surface area contributed by atoms with Gasteiger partial charge in [-0.3, -0.25) is 19.5 Å². The van der Waals surface area contributed by atoms with Crippen LogP contribution in [0.2, 0.25) is 0 Å². The van der Waals surface area contributed by atoms with Crippen molar-refractivity contribution in [1.82, 2.24) is 19.8 Å². The molecule has 2 aliphatic rings. The number of likely N-dealkylation sites (tertiary alicyclic amines) is 1. The first-order valence-corrected chi connectivity index (χ1v) is 13.3. The van der Waals surface area contributed by atoms with E-state index in [1.54, 1.807) is 29.4 Å². The number of piperidine rings is 1. The first kappa shape index (κ1) is 27.9. The highest BCUT2D eigenvalue weighted by atomic mass is 16.5. The van der Waals surface area contributed by atoms with Crippen LogP contribution >= 0.6 is 0 Å². The fourth-order valence-electron chi connectivity index (χ4n) is 5.27. The number of cyclic esters (lactones) is 1. The zero-order chi connectivity index (χ0) is 27.0. The maximum atomic E-state index is 13.3. The molecule has 0 aromatic carbocycles. The minimum Gasteiger partial charge on any atom is -0.481 e. The Labute approximate surface area is 223 Å². The minimum absolute atomic E-state index is 0.168. The van der Waals surface area contributed by atoms with Crippen LogP contribution in [0.1, 0.15) is 54.4 Å². The highest BCUT2D eigenvalue weighted by Crippen LogP contribution is 2.38. The lowest BCUT2D eigenvalue weighted by molar-refractivity contribution is -0.165. The Kier molecular flexibility index (Phi) is 9.65. The molecule has 1 amide bonds. The van der Waals surface area contributed by atoms with Crippen molar-refractivity contribution in [2.45, 2.75) is 57.3 Å². The number of carbonyl (C=O) groups excluding carboxylic acids is 2. The molecule has 2 atom stereocenters. The molecule has 4 rings (SSSR count). The molecule has 10 heteroatoms. The molecule has 0 unspecified atom stereocenters. The van der Waals surface area contributed by atoms with Crippen LogP contribution in [0.15, 0.2) is 42.9 Å². The van der Waals surface area contributed by atoms with Crippen LogP contribution < -0.4 is 4.74 Å². The predicted octanol–water partition coefficient (Wildman–Crippen LogP) is 2.05. The van der Waals surface area contributed by atoms with E-state index in [4.69, 9.17) is 9.47 Å². The smallest absolute Gasteiger partial charge is 0.312 e. The van der Waals surface area contributed by atoms with Crippen LogP contribution in [0, 0.1) is 5.41 Å². The molecule has 0 radical (unpaired) electrons. The zero-order valence-electron chi connectivity index (χ0n) is 22.0. The molecule has 2 fully saturated rings. The first-order valence-electron chi connectivity index (χ1n) is 13.3. The van der Waals surface area contributed by atoms with Crippen molar-refractivity contribution >= 4 is 11.9 Å². The number of amides is 1. The monoisotopic (exact) mass is 526 g/mol. The van der Waals surface area contributed by atoms with E-state index < -0.39 is 17.6 Å². The average molecular weight is 527 g/mol. The number of hydrogen-bond acceptors (Lipinski definition) is 9. The second-order valence-corrected chi connectivity index (χ2v) is 10.3. The van der Waals surface area contributed by atoms with Gasteiger partial charge < -0.3 is 24.6 Å². The number of ether oxygens (including phenoxy) is 2. The molecule has 206 valence electrons. The standard InChI is InChI=1S/C28H38N4O6/c1-37-25-18-22(6-13-30-25)26(35)32-14-3-2-8-28(27(36)38-20-24(34)23(33)7-15-32)9-16-31(17-10-28)19-21-4-11-29-12-5-21/h4-6,11-13,18,23-24,33-34H,2-3,7-10,14-17,19-20H2,1H3/t23-,24+/m0/s1. The van der Waals surface area contributed by atoms with Crippen molar-refractivity contribution in [2.75, 3.05) is 39.9 Å². The molecule has 4 heterocycles. The zero-order valence-corrected chi connectivity index (χ0v) is 22.0. The van der Waals surface area contributed by atoms with Crippen LogP contribution in [0.5, 0.6) is 5.88 Å². The fraction of sp³-hybridized carbons (Fsp3) is 0.571. The molecule has 2 aromatic heterocycles. The average Bonchev–Trinajstić information content (AvgIpc) is 2.96. The normalized spacial score (nSPS) is 23.6. The summed E-state index contributed by atoms with van der Waals surface area (Å²) in [4.78, 5) is 38.8. The van der Waals surface area contributed by atoms with Crippen molar-refractivity contribution in [3.63, 3.8) is 0 Å². The van der Waals surface area contributed by atoms with Crippen molar-refractivity contribution in [3.05, 3.63) is 54.0 Å². The third kappa shape index (κ3) is 7.06. The van der Waals surface area contributed by atoms with E-state index in [0.29, 0.717) is 43.7 Å². The molecule has 10 nitrogen and oxygen atoms in total. The highest BCUT2D eigenvalue weighted by molar-refractivity contribution is 5.94. The molecule has 2 aliphatic heterocycles. The number of carbonyl (C=O) groups is 2. The van der Waals surface area contributed by atoms with Crippen molar-refractivity contribution in [2.24, 2.45) is 5.41 Å². The number of rotatable bonds is 4. The van der Waals surface area contributed by atoms with E-state index >= 15 is 0 Å². The van der Waals surface area contributed by atoms with Gasteiger partial charge in [-0.15, -0.1) is 0 Å². The van der Waals surface area contributed by atoms with Crippen molar-refractivity contribution in [1.29, 1.82) is 0 Å². The topological polar surface area (TPSA) is 125 Å². The summed E-state index contributed by atoms with van der Waals surface area (Å²) in [5.41, 5.74) is 0.996. The summed E-state index contributed by atoms with van der Waals surface area (Å²) >= 11 is 0. The van der Waals surface area contributed by atoms with Crippen molar-refractivity contribution in [3.8, 4) is 5.88 Å². The number of aliphatic hydroxyl groups excluding tert-OH is 2. The van der Waals surface area contributed by atoms with Gasteiger partial charge in [0, 0.05) is 49.9 Å². The van der Waals surface area contributed by atoms with E-state index in [-0.39, 0.29) is 31.4 Å². The van der Waals surface area contributed by atoms with Gasteiger partial charge in [0.05, 0.1) is 18.6 Å². The number of aliphatic hydroxyl groups is 2. The second-order valence-electron chi connectivity index (χ2n) is 10.3. The van der Waals surface area contributed by atoms with Gasteiger partial charge in [-0.2, -0.15) is 0 Å². The Bertz CT molecular complexity index is 1060. The lowest BCUT2D eigenvalue weighted by Crippen LogP contribution is -2.45. The molecule has 0 aliphatic carbocycles. The maximum Gasteiger partial charge on any atom is 0.312 e. The number of nitrogens with zero attached hydrogens (tertiary/aromatic N) is 4. The van der Waals surface area contributed by atoms with Gasteiger partial charge in [-0.05, 0) is 69.0 Å². The molecular weight excluding hydrogens is 488 g/mol. The van der Waals surface area contributed by atoms with Gasteiger partial charge in [0.15, 0.2) is 0 Å². The highest BCUT2D eigenvalue weighted by Gasteiger charge is 2.42. The van der Waals surface area contributed by atoms with Crippen molar-refractivity contribution < 1.29 is 29.3 Å². The summed E-state index contributed by atoms with van der Waals surface area (Å²) in [6.07, 6.45) is 6.37. The molecule has 38 heavy (non-hydrogen) atoms. The van der Waals surface area contributed by atoms with Crippen LogP contribution in [0.4, 0.5) is 0 Å². The minimum atomic E-state index is -1.22. The third-order valence-electron chi connectivity index (χ3n) is 7.74. The second kappa shape index (κ2) is 13.1. The lowest BCUT2D eigenvalue weighted by atomic mass is 9.74. The van der Waals surface area contributed by atoms with Gasteiger partial charge in [0.1, 0.15) is 12.7 Å². The largest absolute Gasteiger partial charge is 0.481 e. The van der Waals surface area contributed by atoms with E-state index in [9.17, 15) is 19.8 Å². The first-order chi connectivity index (χ1) is 18.4. The van der Waals surface area contributed by atoms with Gasteiger partial charge in [-0.25, -0.2) is 4.98 Å². The number of pyridine rings is 2. The molecule has 2 aromatic rings. The molecule has 2 saturated heterocycles. The molecule has 2 N–H and O–H groups in total. The van der Waals surface area contributed by atoms with Crippen LogP contribution in [0.3, 0.4) is 0 Å². The quantitative estimate of drug-likeness (QED) is 0.576. The Morgan fingerprint density at radius 1 is 1.05 bits per heavy atom. The van der Waals surface area contributed by atoms with Gasteiger partial charge in [-0.1, -0.05) is 6.42 Å². The summed E-state index contributed by atoms with van der Waals surface area (Å²) in [6, 6.07) is 7.23. The summed E-state index contributed by atoms with van der Waals surface area (Å²) in [7, 11) is 1.50. The summed E-state index contributed by atoms with van der Waals surface area (Å²) < 4.78 is 10.7. The number of aromatic nitrogens is 2. The van der Waals surface area contributed by atoms with Crippen LogP contribution in [0.25, 0.3) is 0 Å². The Morgan fingerprint density at radius 3 is 2.55 bits per heavy atom. The molecule has 0 bridgehead atoms. The number of hydrogen-bond donors (Lipinski definition) is 2. The summed E-state index contributed by atoms with van der Waals surface area (Å²) in [5, 5.41) is 21.0. The van der Waals surface area contributed by atoms with Crippen LogP contribution in [-0.4, -0.2) is 94.0 Å². The Morgan fingerprint density at radius 2 is 1.82 bits per heavy atom. The number of esters is 1. The predicted molar refractivity (Wildman–Crippen MR) is 139 cm³/mol. The van der Waals surface area contributed by atoms with E-state index in [1.165, 1.54) is 18.9 Å². The van der Waals surface area contributed by atoms with Crippen LogP contribution in [-0.2, 0) is 16.1 Å². The van der Waals surface area contributed by atoms with E-state index in [2.05, 4.69) is 14.9 Å². The fourth-order valence-corrected chi connectivity index (χ4v) is 5.27. The summed E-state index contributed by atoms with van der Waals surface area (Å²) in [6.45, 7) is 2.80. The lowest BCUT2D eigenvalue weighted by Gasteiger charge is -2.40. The SMILES string of the molecule is COc1cc(C(=O)N2CCCCC3(CCN(Cc4ccncc4)CC3)C(=O)OC[C@@H](O)[C@@H](O)CC2)ccn1. The van der Waals surface area contributed by atoms with Gasteiger partial charge in [0.25, 0.3) is 5.91 Å². The van der Waals surface area contributed by atoms with E-state index in [0.717, 1.165) is 26.1 Å². The summed E-state index contributed by atoms with van der Waals surface area (Å²) in [5.74, 6) is -0.137.